The highest BCUT2D eigenvalue weighted by molar-refractivity contribution is 7.15. The normalized spacial score (nSPS) is 17.7. The van der Waals surface area contributed by atoms with Crippen molar-refractivity contribution in [1.82, 2.24) is 15.1 Å². The van der Waals surface area contributed by atoms with Crippen molar-refractivity contribution in [3.05, 3.63) is 29.3 Å². The maximum atomic E-state index is 12.3. The number of piperazine rings is 1. The van der Waals surface area contributed by atoms with Gasteiger partial charge in [0.2, 0.25) is 11.0 Å². The van der Waals surface area contributed by atoms with E-state index in [0.717, 1.165) is 42.7 Å². The van der Waals surface area contributed by atoms with Crippen LogP contribution >= 0.6 is 11.3 Å². The molecule has 27 heavy (non-hydrogen) atoms. The van der Waals surface area contributed by atoms with E-state index < -0.39 is 0 Å². The third-order valence-corrected chi connectivity index (χ3v) is 5.96. The molecule has 0 spiro atoms. The topological polar surface area (TPSA) is 70.6 Å². The lowest BCUT2D eigenvalue weighted by Crippen LogP contribution is -2.48. The summed E-state index contributed by atoms with van der Waals surface area (Å²) in [5.41, 5.74) is 0.795. The van der Waals surface area contributed by atoms with Gasteiger partial charge in [0.25, 0.3) is 0 Å². The molecule has 144 valence electrons. The molecule has 2 aliphatic rings. The minimum absolute atomic E-state index is 0.0135. The van der Waals surface area contributed by atoms with E-state index in [4.69, 9.17) is 4.74 Å². The number of hydrogen-bond acceptors (Lipinski definition) is 7. The summed E-state index contributed by atoms with van der Waals surface area (Å²) in [6, 6.07) is 7.48. The Bertz CT molecular complexity index is 767. The molecule has 1 aromatic heterocycles. The van der Waals surface area contributed by atoms with Gasteiger partial charge in [-0.25, -0.2) is 0 Å². The van der Waals surface area contributed by atoms with Gasteiger partial charge in [-0.05, 0) is 44.0 Å². The number of amides is 1. The molecule has 2 aromatic rings. The summed E-state index contributed by atoms with van der Waals surface area (Å²) < 4.78 is 5.42. The zero-order chi connectivity index (χ0) is 18.6. The van der Waals surface area contributed by atoms with Crippen LogP contribution in [0.1, 0.15) is 30.7 Å². The standard InChI is InChI=1S/C19H25N5O2S/c1-2-26-16-7-5-15(6-8-16)20-17(25)13-23-9-11-24(12-10-23)19-22-21-18(27-19)14-3-4-14/h5-8,14H,2-4,9-13H2,1H3,(H,20,25). The molecule has 0 radical (unpaired) electrons. The molecule has 1 aromatic carbocycles. The van der Waals surface area contributed by atoms with E-state index >= 15 is 0 Å². The van der Waals surface area contributed by atoms with Crippen molar-refractivity contribution in [3.8, 4) is 5.75 Å². The summed E-state index contributed by atoms with van der Waals surface area (Å²) in [5, 5.41) is 13.8. The Morgan fingerprint density at radius 1 is 1.19 bits per heavy atom. The number of nitrogens with zero attached hydrogens (tertiary/aromatic N) is 4. The number of anilines is 2. The Balaban J connectivity index is 1.22. The lowest BCUT2D eigenvalue weighted by Gasteiger charge is -2.33. The van der Waals surface area contributed by atoms with E-state index in [1.807, 2.05) is 31.2 Å². The molecule has 1 saturated carbocycles. The lowest BCUT2D eigenvalue weighted by molar-refractivity contribution is -0.117. The van der Waals surface area contributed by atoms with Crippen molar-refractivity contribution in [2.75, 3.05) is 49.5 Å². The Morgan fingerprint density at radius 3 is 2.59 bits per heavy atom. The van der Waals surface area contributed by atoms with Gasteiger partial charge in [0.1, 0.15) is 10.8 Å². The van der Waals surface area contributed by atoms with Gasteiger partial charge in [0.15, 0.2) is 0 Å². The monoisotopic (exact) mass is 387 g/mol. The molecule has 2 fully saturated rings. The maximum absolute atomic E-state index is 12.3. The van der Waals surface area contributed by atoms with Gasteiger partial charge in [-0.2, -0.15) is 0 Å². The van der Waals surface area contributed by atoms with Crippen molar-refractivity contribution in [2.45, 2.75) is 25.7 Å². The third kappa shape index (κ3) is 4.75. The van der Waals surface area contributed by atoms with E-state index in [2.05, 4.69) is 25.3 Å². The first-order valence-corrected chi connectivity index (χ1v) is 10.4. The molecule has 1 amide bonds. The van der Waals surface area contributed by atoms with Crippen LogP contribution in [0.3, 0.4) is 0 Å². The van der Waals surface area contributed by atoms with Gasteiger partial charge >= 0.3 is 0 Å². The van der Waals surface area contributed by atoms with Crippen molar-refractivity contribution in [3.63, 3.8) is 0 Å². The fourth-order valence-corrected chi connectivity index (χ4v) is 4.22. The quantitative estimate of drug-likeness (QED) is 0.787. The Kier molecular flexibility index (Phi) is 5.54. The van der Waals surface area contributed by atoms with Crippen LogP contribution in [-0.4, -0.2) is 60.3 Å². The summed E-state index contributed by atoms with van der Waals surface area (Å²) in [6.45, 7) is 6.48. The number of carbonyl (C=O) groups is 1. The number of nitrogens with one attached hydrogen (secondary N) is 1. The number of ether oxygens (including phenoxy) is 1. The lowest BCUT2D eigenvalue weighted by atomic mass is 10.3. The van der Waals surface area contributed by atoms with Crippen molar-refractivity contribution >= 4 is 28.1 Å². The third-order valence-electron chi connectivity index (χ3n) is 4.82. The largest absolute Gasteiger partial charge is 0.494 e. The molecule has 8 heteroatoms. The summed E-state index contributed by atoms with van der Waals surface area (Å²) in [6.07, 6.45) is 2.51. The highest BCUT2D eigenvalue weighted by atomic mass is 32.1. The SMILES string of the molecule is CCOc1ccc(NC(=O)CN2CCN(c3nnc(C4CC4)s3)CC2)cc1. The molecule has 4 rings (SSSR count). The first-order chi connectivity index (χ1) is 13.2. The second-order valence-corrected chi connectivity index (χ2v) is 7.95. The Morgan fingerprint density at radius 2 is 1.93 bits per heavy atom. The fraction of sp³-hybridized carbons (Fsp3) is 0.526. The first-order valence-electron chi connectivity index (χ1n) is 9.54. The molecular weight excluding hydrogens is 362 g/mol. The Labute approximate surface area is 163 Å². The van der Waals surface area contributed by atoms with Gasteiger partial charge in [0.05, 0.1) is 13.2 Å². The average Bonchev–Trinajstić information content (AvgIpc) is 3.41. The van der Waals surface area contributed by atoms with Gasteiger partial charge in [-0.15, -0.1) is 10.2 Å². The van der Waals surface area contributed by atoms with E-state index in [-0.39, 0.29) is 5.91 Å². The molecule has 2 heterocycles. The highest BCUT2D eigenvalue weighted by Gasteiger charge is 2.29. The summed E-state index contributed by atoms with van der Waals surface area (Å²) in [5.74, 6) is 1.48. The maximum Gasteiger partial charge on any atom is 0.238 e. The van der Waals surface area contributed by atoms with Gasteiger partial charge in [-0.3, -0.25) is 9.69 Å². The molecular formula is C19H25N5O2S. The summed E-state index contributed by atoms with van der Waals surface area (Å²) >= 11 is 1.73. The van der Waals surface area contributed by atoms with Crippen molar-refractivity contribution in [2.24, 2.45) is 0 Å². The second-order valence-electron chi connectivity index (χ2n) is 6.97. The van der Waals surface area contributed by atoms with Crippen LogP contribution < -0.4 is 15.0 Å². The molecule has 1 aliphatic carbocycles. The van der Waals surface area contributed by atoms with Crippen LogP contribution in [-0.2, 0) is 4.79 Å². The molecule has 0 unspecified atom stereocenters. The first kappa shape index (κ1) is 18.2. The van der Waals surface area contributed by atoms with E-state index in [0.29, 0.717) is 19.1 Å². The van der Waals surface area contributed by atoms with Gasteiger partial charge in [0, 0.05) is 37.8 Å². The summed E-state index contributed by atoms with van der Waals surface area (Å²) in [4.78, 5) is 16.8. The molecule has 0 atom stereocenters. The molecule has 7 nitrogen and oxygen atoms in total. The van der Waals surface area contributed by atoms with Crippen LogP contribution in [0.25, 0.3) is 0 Å². The molecule has 0 bridgehead atoms. The smallest absolute Gasteiger partial charge is 0.238 e. The number of aromatic nitrogens is 2. The van der Waals surface area contributed by atoms with Crippen molar-refractivity contribution in [1.29, 1.82) is 0 Å². The van der Waals surface area contributed by atoms with E-state index in [9.17, 15) is 4.79 Å². The molecule has 1 N–H and O–H groups in total. The van der Waals surface area contributed by atoms with Crippen molar-refractivity contribution < 1.29 is 9.53 Å². The van der Waals surface area contributed by atoms with Crippen LogP contribution in [0.5, 0.6) is 5.75 Å². The summed E-state index contributed by atoms with van der Waals surface area (Å²) in [7, 11) is 0. The number of rotatable bonds is 7. The Hall–Kier alpha value is -2.19. The molecule has 1 aliphatic heterocycles. The van der Waals surface area contributed by atoms with E-state index in [1.165, 1.54) is 17.8 Å². The van der Waals surface area contributed by atoms with Gasteiger partial charge < -0.3 is 15.0 Å². The number of hydrogen-bond donors (Lipinski definition) is 1. The van der Waals surface area contributed by atoms with Crippen LogP contribution in [0.2, 0.25) is 0 Å². The average molecular weight is 388 g/mol. The van der Waals surface area contributed by atoms with Gasteiger partial charge in [-0.1, -0.05) is 11.3 Å². The van der Waals surface area contributed by atoms with E-state index in [1.54, 1.807) is 11.3 Å². The number of carbonyl (C=O) groups excluding carboxylic acids is 1. The molecule has 1 saturated heterocycles. The zero-order valence-electron chi connectivity index (χ0n) is 15.6. The number of benzene rings is 1. The highest BCUT2D eigenvalue weighted by Crippen LogP contribution is 2.42. The predicted molar refractivity (Wildman–Crippen MR) is 107 cm³/mol. The predicted octanol–water partition coefficient (Wildman–Crippen LogP) is 2.57. The zero-order valence-corrected chi connectivity index (χ0v) is 16.4. The van der Waals surface area contributed by atoms with Crippen LogP contribution in [0.15, 0.2) is 24.3 Å². The minimum Gasteiger partial charge on any atom is -0.494 e. The second kappa shape index (κ2) is 8.22. The van der Waals surface area contributed by atoms with Crippen LogP contribution in [0, 0.1) is 0 Å². The fourth-order valence-electron chi connectivity index (χ4n) is 3.15. The minimum atomic E-state index is 0.0135. The van der Waals surface area contributed by atoms with Crippen LogP contribution in [0.4, 0.5) is 10.8 Å².